The minimum Gasteiger partial charge on any atom is -0.382 e. The van der Waals surface area contributed by atoms with Crippen LogP contribution in [-0.2, 0) is 48.6 Å². The van der Waals surface area contributed by atoms with Gasteiger partial charge in [-0.05, 0) is 59.1 Å². The lowest BCUT2D eigenvalue weighted by molar-refractivity contribution is -0.125. The minimum absolute atomic E-state index is 0.0318. The molecule has 0 bridgehead atoms. The first-order chi connectivity index (χ1) is 31.0. The van der Waals surface area contributed by atoms with Crippen LogP contribution in [0.3, 0.4) is 0 Å². The fraction of sp³-hybridized carbons (Fsp3) is 0.346. The Morgan fingerprint density at radius 3 is 1.45 bits per heavy atom. The van der Waals surface area contributed by atoms with E-state index in [1.165, 1.54) is 0 Å². The predicted octanol–water partition coefficient (Wildman–Crippen LogP) is 9.56. The van der Waals surface area contributed by atoms with E-state index in [0.717, 1.165) is 116 Å². The predicted molar refractivity (Wildman–Crippen MR) is 259 cm³/mol. The van der Waals surface area contributed by atoms with Crippen molar-refractivity contribution in [3.8, 4) is 0 Å². The molecule has 6 N–H and O–H groups in total. The van der Waals surface area contributed by atoms with E-state index < -0.39 is 0 Å². The second-order valence-corrected chi connectivity index (χ2v) is 17.9. The number of nitrogens with two attached hydrogens (primary N) is 2. The van der Waals surface area contributed by atoms with Gasteiger partial charge in [0.1, 0.15) is 22.7 Å². The van der Waals surface area contributed by atoms with Gasteiger partial charge >= 0.3 is 0 Å². The van der Waals surface area contributed by atoms with Gasteiger partial charge in [0, 0.05) is 62.6 Å². The molecule has 0 saturated heterocycles. The lowest BCUT2D eigenvalue weighted by Crippen LogP contribution is -2.30. The zero-order valence-electron chi connectivity index (χ0n) is 37.6. The van der Waals surface area contributed by atoms with Gasteiger partial charge in [0.15, 0.2) is 11.6 Å². The number of imidazole rings is 2. The molecule has 0 spiro atoms. The van der Waals surface area contributed by atoms with Crippen LogP contribution < -0.4 is 22.1 Å². The smallest absolute Gasteiger partial charge is 0.220 e. The number of aromatic nitrogens is 6. The normalized spacial score (nSPS) is 11.9. The molecule has 0 aliphatic heterocycles. The quantitative estimate of drug-likeness (QED) is 0.0623. The van der Waals surface area contributed by atoms with E-state index in [1.54, 1.807) is 0 Å². The summed E-state index contributed by atoms with van der Waals surface area (Å²) in [6.07, 6.45) is 7.19. The maximum absolute atomic E-state index is 13.1. The Kier molecular flexibility index (Phi) is 13.2. The van der Waals surface area contributed by atoms with E-state index in [-0.39, 0.29) is 17.2 Å². The molecule has 0 aliphatic rings. The number of benzene rings is 4. The molecule has 4 aromatic heterocycles. The highest BCUT2D eigenvalue weighted by atomic mass is 16.2. The van der Waals surface area contributed by atoms with Crippen LogP contribution in [0.2, 0.25) is 0 Å². The molecule has 12 nitrogen and oxygen atoms in total. The zero-order valence-corrected chi connectivity index (χ0v) is 37.6. The molecule has 4 heterocycles. The van der Waals surface area contributed by atoms with Crippen molar-refractivity contribution in [3.05, 3.63) is 131 Å². The van der Waals surface area contributed by atoms with Crippen LogP contribution in [-0.4, -0.2) is 40.9 Å². The third kappa shape index (κ3) is 9.86. The lowest BCUT2D eigenvalue weighted by atomic mass is 9.84. The minimum atomic E-state index is -0.349. The summed E-state index contributed by atoms with van der Waals surface area (Å²) in [6.45, 7) is 10.6. The fourth-order valence-electron chi connectivity index (χ4n) is 8.62. The number of aryl methyl sites for hydroxylation is 2. The number of unbranched alkanes of at least 4 members (excludes halogenated alkanes) is 2. The number of hydrogen-bond acceptors (Lipinski definition) is 8. The van der Waals surface area contributed by atoms with Crippen molar-refractivity contribution in [2.75, 3.05) is 11.5 Å². The highest BCUT2D eigenvalue weighted by Gasteiger charge is 2.24. The van der Waals surface area contributed by atoms with Crippen LogP contribution >= 0.6 is 0 Å². The van der Waals surface area contributed by atoms with Gasteiger partial charge in [0.25, 0.3) is 0 Å². The standard InChI is InChI=1S/C52H60N10O2/c1-5-7-17-42-59-46-48(38-13-9-11-15-40(38)57-50(46)53)61(42)32-36-23-19-34(20-24-36)30-55-44(63)27-28-52(3,4)29-45(64)56-31-35-21-25-37(26-22-35)33-62-43(18-8-6-2)60-47-49(62)39-14-10-12-16-41(39)58-51(47)54/h9-16,19-26H,5-8,17-18,27-33H2,1-4H3,(H2,53,57)(H2,54,58)(H,55,63)(H,56,64). The SMILES string of the molecule is CCCCc1nc2c(N)nc3ccccc3c2n1Cc1ccc(CNC(=O)CCC(C)(C)CC(=O)NCc2ccc(Cn3c(CCCC)nc4c(N)nc5ccccc5c43)cc2)cc1. The maximum Gasteiger partial charge on any atom is 0.220 e. The summed E-state index contributed by atoms with van der Waals surface area (Å²) in [5.41, 5.74) is 22.0. The second-order valence-electron chi connectivity index (χ2n) is 17.9. The highest BCUT2D eigenvalue weighted by Crippen LogP contribution is 2.32. The number of rotatable bonds is 19. The van der Waals surface area contributed by atoms with E-state index in [4.69, 9.17) is 21.4 Å². The molecule has 64 heavy (non-hydrogen) atoms. The van der Waals surface area contributed by atoms with Gasteiger partial charge in [-0.15, -0.1) is 0 Å². The van der Waals surface area contributed by atoms with Crippen LogP contribution in [0.4, 0.5) is 11.6 Å². The van der Waals surface area contributed by atoms with E-state index >= 15 is 0 Å². The van der Waals surface area contributed by atoms with E-state index in [2.05, 4.69) is 104 Å². The summed E-state index contributed by atoms with van der Waals surface area (Å²) in [5, 5.41) is 8.26. The largest absolute Gasteiger partial charge is 0.382 e. The van der Waals surface area contributed by atoms with Gasteiger partial charge in [-0.2, -0.15) is 0 Å². The van der Waals surface area contributed by atoms with Gasteiger partial charge in [-0.25, -0.2) is 19.9 Å². The first-order valence-corrected chi connectivity index (χ1v) is 22.8. The number of carbonyl (C=O) groups excluding carboxylic acids is 2. The number of amides is 2. The van der Waals surface area contributed by atoms with Crippen molar-refractivity contribution < 1.29 is 9.59 Å². The zero-order chi connectivity index (χ0) is 44.8. The van der Waals surface area contributed by atoms with Crippen LogP contribution in [0.25, 0.3) is 43.9 Å². The monoisotopic (exact) mass is 856 g/mol. The molecule has 0 atom stereocenters. The number of anilines is 2. The van der Waals surface area contributed by atoms with Crippen molar-refractivity contribution in [3.63, 3.8) is 0 Å². The molecule has 8 aromatic rings. The van der Waals surface area contributed by atoms with E-state index in [9.17, 15) is 9.59 Å². The Morgan fingerprint density at radius 1 is 0.578 bits per heavy atom. The average Bonchev–Trinajstić information content (AvgIpc) is 3.85. The Labute approximate surface area is 374 Å². The average molecular weight is 857 g/mol. The molecule has 8 rings (SSSR count). The second kappa shape index (κ2) is 19.3. The van der Waals surface area contributed by atoms with Crippen LogP contribution in [0.5, 0.6) is 0 Å². The molecular formula is C52H60N10O2. The van der Waals surface area contributed by atoms with Crippen molar-refractivity contribution in [2.45, 2.75) is 112 Å². The first kappa shape index (κ1) is 43.8. The molecule has 0 unspecified atom stereocenters. The third-order valence-electron chi connectivity index (χ3n) is 12.3. The number of fused-ring (bicyclic) bond motifs is 6. The van der Waals surface area contributed by atoms with Crippen molar-refractivity contribution in [2.24, 2.45) is 5.41 Å². The van der Waals surface area contributed by atoms with Crippen LogP contribution in [0.1, 0.15) is 107 Å². The van der Waals surface area contributed by atoms with Gasteiger partial charge in [-0.1, -0.05) is 125 Å². The molecule has 330 valence electrons. The molecule has 0 saturated carbocycles. The van der Waals surface area contributed by atoms with Crippen molar-refractivity contribution in [1.29, 1.82) is 0 Å². The molecule has 12 heteroatoms. The van der Waals surface area contributed by atoms with Crippen molar-refractivity contribution >= 4 is 67.3 Å². The van der Waals surface area contributed by atoms with Gasteiger partial charge in [-0.3, -0.25) is 9.59 Å². The molecule has 0 radical (unpaired) electrons. The summed E-state index contributed by atoms with van der Waals surface area (Å²) in [4.78, 5) is 45.3. The summed E-state index contributed by atoms with van der Waals surface area (Å²) < 4.78 is 4.57. The van der Waals surface area contributed by atoms with Crippen LogP contribution in [0.15, 0.2) is 97.1 Å². The Bertz CT molecular complexity index is 2930. The fourth-order valence-corrected chi connectivity index (χ4v) is 8.62. The maximum atomic E-state index is 13.1. The third-order valence-corrected chi connectivity index (χ3v) is 12.3. The highest BCUT2D eigenvalue weighted by molar-refractivity contribution is 6.07. The topological polar surface area (TPSA) is 172 Å². The van der Waals surface area contributed by atoms with Crippen LogP contribution in [0, 0.1) is 5.41 Å². The van der Waals surface area contributed by atoms with Gasteiger partial charge in [0.2, 0.25) is 11.8 Å². The lowest BCUT2D eigenvalue weighted by Gasteiger charge is -2.23. The summed E-state index contributed by atoms with van der Waals surface area (Å²) >= 11 is 0. The van der Waals surface area contributed by atoms with E-state index in [1.807, 2.05) is 50.2 Å². The summed E-state index contributed by atoms with van der Waals surface area (Å²) in [6, 6.07) is 32.9. The van der Waals surface area contributed by atoms with Gasteiger partial charge in [0.05, 0.1) is 22.1 Å². The number of nitrogen functional groups attached to an aromatic ring is 2. The number of pyridine rings is 2. The number of nitrogens with zero attached hydrogens (tertiary/aromatic N) is 6. The molecule has 0 fully saturated rings. The number of para-hydroxylation sites is 2. The molecule has 4 aromatic carbocycles. The number of hydrogen-bond donors (Lipinski definition) is 4. The molecule has 2 amide bonds. The number of carbonyl (C=O) groups is 2. The summed E-state index contributed by atoms with van der Waals surface area (Å²) in [5.74, 6) is 2.86. The Morgan fingerprint density at radius 2 is 1.00 bits per heavy atom. The Hall–Kier alpha value is -6.82. The summed E-state index contributed by atoms with van der Waals surface area (Å²) in [7, 11) is 0. The van der Waals surface area contributed by atoms with E-state index in [0.29, 0.717) is 57.1 Å². The first-order valence-electron chi connectivity index (χ1n) is 22.8. The molecule has 0 aliphatic carbocycles. The number of nitrogens with one attached hydrogen (secondary N) is 2. The van der Waals surface area contributed by atoms with Gasteiger partial charge < -0.3 is 31.2 Å². The van der Waals surface area contributed by atoms with Crippen molar-refractivity contribution in [1.82, 2.24) is 39.7 Å². The Balaban J connectivity index is 0.815. The molecular weight excluding hydrogens is 797 g/mol.